The van der Waals surface area contributed by atoms with Crippen molar-refractivity contribution in [3.8, 4) is 0 Å². The van der Waals surface area contributed by atoms with Crippen molar-refractivity contribution in [3.05, 3.63) is 46.0 Å². The second kappa shape index (κ2) is 9.48. The number of fused-ring (bicyclic) bond motifs is 5. The molecule has 1 saturated heterocycles. The summed E-state index contributed by atoms with van der Waals surface area (Å²) in [6, 6.07) is 3.18. The maximum absolute atomic E-state index is 12.4. The molecule has 216 valence electrons. The van der Waals surface area contributed by atoms with Crippen LogP contribution in [0.3, 0.4) is 0 Å². The molecule has 0 spiro atoms. The molecule has 5 aliphatic rings. The Morgan fingerprint density at radius 3 is 2.46 bits per heavy atom. The SMILES string of the molecule is C[C@@H]1O[C@@H](O[C@@H]2C=C3CC[C@@H]4[C@H](C[C@@H](O)[C@]5(C)[C@@H](c6ccc(=O)oc6)CC[C@]45O)[C@@]3(C)CC2)[C@H](O)[C@H](O)[C@H]1O. The van der Waals surface area contributed by atoms with Gasteiger partial charge in [0.15, 0.2) is 6.29 Å². The Morgan fingerprint density at radius 2 is 1.74 bits per heavy atom. The van der Waals surface area contributed by atoms with Crippen LogP contribution in [0.15, 0.2) is 39.3 Å². The summed E-state index contributed by atoms with van der Waals surface area (Å²) in [5.74, 6) is 0.0366. The minimum absolute atomic E-state index is 0.0345. The zero-order valence-electron chi connectivity index (χ0n) is 22.9. The molecule has 0 bridgehead atoms. The van der Waals surface area contributed by atoms with Gasteiger partial charge in [-0.3, -0.25) is 0 Å². The van der Waals surface area contributed by atoms with Gasteiger partial charge in [0.05, 0.1) is 30.2 Å². The number of aliphatic hydroxyl groups excluding tert-OH is 4. The van der Waals surface area contributed by atoms with Gasteiger partial charge in [-0.05, 0) is 86.7 Å². The van der Waals surface area contributed by atoms with Gasteiger partial charge in [-0.1, -0.05) is 25.5 Å². The van der Waals surface area contributed by atoms with Crippen LogP contribution in [0.5, 0.6) is 0 Å². The molecule has 3 saturated carbocycles. The normalized spacial score (nSPS) is 51.4. The Morgan fingerprint density at radius 1 is 0.974 bits per heavy atom. The van der Waals surface area contributed by atoms with E-state index in [-0.39, 0.29) is 29.3 Å². The lowest BCUT2D eigenvalue weighted by Crippen LogP contribution is -2.65. The lowest BCUT2D eigenvalue weighted by atomic mass is 9.44. The molecule has 0 radical (unpaired) electrons. The smallest absolute Gasteiger partial charge is 0.335 e. The van der Waals surface area contributed by atoms with Gasteiger partial charge >= 0.3 is 5.63 Å². The Balaban J connectivity index is 1.24. The van der Waals surface area contributed by atoms with Crippen molar-refractivity contribution in [3.63, 3.8) is 0 Å². The molecule has 4 aliphatic carbocycles. The molecule has 1 aromatic rings. The van der Waals surface area contributed by atoms with E-state index in [9.17, 15) is 30.3 Å². The van der Waals surface area contributed by atoms with Gasteiger partial charge in [0.2, 0.25) is 0 Å². The van der Waals surface area contributed by atoms with Crippen LogP contribution in [0.1, 0.15) is 77.2 Å². The first-order chi connectivity index (χ1) is 18.4. The first kappa shape index (κ1) is 27.6. The van der Waals surface area contributed by atoms with E-state index >= 15 is 0 Å². The third-order valence-corrected chi connectivity index (χ3v) is 11.6. The van der Waals surface area contributed by atoms with E-state index in [0.717, 1.165) is 31.2 Å². The number of aliphatic hydroxyl groups is 5. The van der Waals surface area contributed by atoms with Crippen LogP contribution in [0.4, 0.5) is 0 Å². The van der Waals surface area contributed by atoms with E-state index in [4.69, 9.17) is 13.9 Å². The molecule has 13 atom stereocenters. The van der Waals surface area contributed by atoms with Crippen molar-refractivity contribution >= 4 is 0 Å². The maximum Gasteiger partial charge on any atom is 0.335 e. The van der Waals surface area contributed by atoms with Crippen LogP contribution in [-0.2, 0) is 9.47 Å². The molecule has 0 aromatic carbocycles. The standard InChI is InChI=1S/C30H42O9/c1-15-24(33)25(34)26(35)27(38-15)39-18-8-10-28(2)17(12-18)5-6-20-21(28)13-22(31)29(3)19(9-11-30(20,29)36)16-4-7-23(32)37-14-16/h4,7,12,14-15,18-22,24-27,31,33-36H,5-6,8-11,13H2,1-3H3/t15-,18-,19+,20+,21-,22+,24-,25+,26+,27-,28-,29-,30-/m0/s1. The number of allylic oxidation sites excluding steroid dienone is 1. The Labute approximate surface area is 228 Å². The molecule has 9 nitrogen and oxygen atoms in total. The maximum atomic E-state index is 12.4. The first-order valence-corrected chi connectivity index (χ1v) is 14.5. The summed E-state index contributed by atoms with van der Waals surface area (Å²) in [6.45, 7) is 5.90. The fourth-order valence-corrected chi connectivity index (χ4v) is 9.16. The number of hydrogen-bond donors (Lipinski definition) is 5. The Hall–Kier alpha value is -1.59. The highest BCUT2D eigenvalue weighted by molar-refractivity contribution is 5.32. The predicted molar refractivity (Wildman–Crippen MR) is 140 cm³/mol. The lowest BCUT2D eigenvalue weighted by Gasteiger charge is -2.63. The van der Waals surface area contributed by atoms with Crippen molar-refractivity contribution < 1.29 is 39.4 Å². The molecule has 0 amide bonds. The number of hydrogen-bond acceptors (Lipinski definition) is 9. The highest BCUT2D eigenvalue weighted by Gasteiger charge is 2.70. The van der Waals surface area contributed by atoms with Crippen LogP contribution < -0.4 is 5.63 Å². The van der Waals surface area contributed by atoms with E-state index in [1.165, 1.54) is 17.9 Å². The minimum atomic E-state index is -1.34. The van der Waals surface area contributed by atoms with E-state index in [0.29, 0.717) is 19.3 Å². The predicted octanol–water partition coefficient (Wildman–Crippen LogP) is 1.98. The van der Waals surface area contributed by atoms with Crippen LogP contribution in [-0.4, -0.2) is 74.0 Å². The molecule has 2 heterocycles. The molecule has 4 fully saturated rings. The molecule has 1 aliphatic heterocycles. The fourth-order valence-electron chi connectivity index (χ4n) is 9.16. The van der Waals surface area contributed by atoms with Gasteiger partial charge in [-0.2, -0.15) is 0 Å². The second-order valence-electron chi connectivity index (χ2n) is 13.2. The molecular weight excluding hydrogens is 504 g/mol. The quantitative estimate of drug-likeness (QED) is 0.359. The minimum Gasteiger partial charge on any atom is -0.431 e. The molecular formula is C30H42O9. The van der Waals surface area contributed by atoms with Gasteiger partial charge in [0, 0.05) is 11.5 Å². The average molecular weight is 547 g/mol. The average Bonchev–Trinajstić information content (AvgIpc) is 3.20. The summed E-state index contributed by atoms with van der Waals surface area (Å²) in [4.78, 5) is 11.6. The first-order valence-electron chi connectivity index (χ1n) is 14.5. The van der Waals surface area contributed by atoms with Crippen molar-refractivity contribution in [1.82, 2.24) is 0 Å². The topological polar surface area (TPSA) is 150 Å². The van der Waals surface area contributed by atoms with Crippen LogP contribution in [0.25, 0.3) is 0 Å². The van der Waals surface area contributed by atoms with Crippen molar-refractivity contribution in [2.45, 2.75) is 120 Å². The van der Waals surface area contributed by atoms with E-state index < -0.39 is 53.5 Å². The Bertz CT molecular complexity index is 1160. The zero-order chi connectivity index (χ0) is 27.9. The van der Waals surface area contributed by atoms with Gasteiger partial charge in [-0.25, -0.2) is 4.79 Å². The number of rotatable bonds is 3. The monoisotopic (exact) mass is 546 g/mol. The molecule has 6 rings (SSSR count). The fraction of sp³-hybridized carbons (Fsp3) is 0.767. The molecule has 1 aromatic heterocycles. The largest absolute Gasteiger partial charge is 0.431 e. The van der Waals surface area contributed by atoms with Crippen molar-refractivity contribution in [1.29, 1.82) is 0 Å². The molecule has 0 unspecified atom stereocenters. The highest BCUT2D eigenvalue weighted by atomic mass is 16.7. The zero-order valence-corrected chi connectivity index (χ0v) is 22.9. The van der Waals surface area contributed by atoms with E-state index in [1.807, 2.05) is 6.92 Å². The Kier molecular flexibility index (Phi) is 6.70. The summed E-state index contributed by atoms with van der Waals surface area (Å²) in [5.41, 5.74) is -0.294. The summed E-state index contributed by atoms with van der Waals surface area (Å²) >= 11 is 0. The van der Waals surface area contributed by atoms with Gasteiger partial charge in [0.1, 0.15) is 18.3 Å². The molecule has 5 N–H and O–H groups in total. The summed E-state index contributed by atoms with van der Waals surface area (Å²) < 4.78 is 16.9. The summed E-state index contributed by atoms with van der Waals surface area (Å²) in [7, 11) is 0. The molecule has 39 heavy (non-hydrogen) atoms. The van der Waals surface area contributed by atoms with Crippen molar-refractivity contribution in [2.75, 3.05) is 0 Å². The van der Waals surface area contributed by atoms with E-state index in [2.05, 4.69) is 13.0 Å². The lowest BCUT2D eigenvalue weighted by molar-refractivity contribution is -0.301. The van der Waals surface area contributed by atoms with Crippen molar-refractivity contribution in [2.24, 2.45) is 22.7 Å². The van der Waals surface area contributed by atoms with Crippen LogP contribution in [0.2, 0.25) is 0 Å². The summed E-state index contributed by atoms with van der Waals surface area (Å²) in [5, 5.41) is 54.7. The third-order valence-electron chi connectivity index (χ3n) is 11.6. The van der Waals surface area contributed by atoms with Gasteiger partial charge in [-0.15, -0.1) is 0 Å². The van der Waals surface area contributed by atoms with E-state index in [1.54, 1.807) is 13.0 Å². The second-order valence-corrected chi connectivity index (χ2v) is 13.2. The van der Waals surface area contributed by atoms with Crippen LogP contribution >= 0.6 is 0 Å². The molecule has 9 heteroatoms. The summed E-state index contributed by atoms with van der Waals surface area (Å²) in [6.07, 6.45) is 2.04. The van der Waals surface area contributed by atoms with Crippen LogP contribution in [0, 0.1) is 22.7 Å². The highest BCUT2D eigenvalue weighted by Crippen LogP contribution is 2.70. The van der Waals surface area contributed by atoms with Gasteiger partial charge < -0.3 is 39.4 Å². The number of ether oxygens (including phenoxy) is 2. The third kappa shape index (κ3) is 3.95. The van der Waals surface area contributed by atoms with Gasteiger partial charge in [0.25, 0.3) is 0 Å².